The Balaban J connectivity index is 0.000000177. The normalized spacial score (nSPS) is 24.9. The predicted molar refractivity (Wildman–Crippen MR) is 108 cm³/mol. The molecule has 27 heavy (non-hydrogen) atoms. The van der Waals surface area contributed by atoms with Crippen molar-refractivity contribution in [1.82, 2.24) is 10.2 Å². The van der Waals surface area contributed by atoms with Crippen molar-refractivity contribution in [1.29, 1.82) is 0 Å². The number of rotatable bonds is 6. The van der Waals surface area contributed by atoms with Gasteiger partial charge in [-0.25, -0.2) is 0 Å². The van der Waals surface area contributed by atoms with Crippen LogP contribution < -0.4 is 5.32 Å². The van der Waals surface area contributed by atoms with Gasteiger partial charge in [0.1, 0.15) is 6.04 Å². The second kappa shape index (κ2) is 8.90. The van der Waals surface area contributed by atoms with Gasteiger partial charge in [-0.1, -0.05) is 56.5 Å². The summed E-state index contributed by atoms with van der Waals surface area (Å²) < 4.78 is 0. The number of benzene rings is 1. The molecule has 2 saturated carbocycles. The molecule has 0 aromatic heterocycles. The monoisotopic (exact) mass is 370 g/mol. The van der Waals surface area contributed by atoms with E-state index < -0.39 is 0 Å². The van der Waals surface area contributed by atoms with E-state index >= 15 is 0 Å². The molecule has 4 rings (SSSR count). The molecule has 1 N–H and O–H groups in total. The Kier molecular flexibility index (Phi) is 6.56. The van der Waals surface area contributed by atoms with Gasteiger partial charge in [0.05, 0.1) is 0 Å². The Morgan fingerprint density at radius 1 is 1.15 bits per heavy atom. The smallest absolute Gasteiger partial charge is 0.243 e. The molecule has 4 heteroatoms. The van der Waals surface area contributed by atoms with E-state index in [1.54, 1.807) is 4.90 Å². The van der Waals surface area contributed by atoms with Crippen LogP contribution in [0.2, 0.25) is 0 Å². The zero-order valence-electron chi connectivity index (χ0n) is 17.0. The molecule has 2 aliphatic carbocycles. The van der Waals surface area contributed by atoms with Crippen molar-refractivity contribution in [2.45, 2.75) is 77.3 Å². The lowest BCUT2D eigenvalue weighted by molar-refractivity contribution is -0.138. The Morgan fingerprint density at radius 3 is 2.33 bits per heavy atom. The first-order valence-electron chi connectivity index (χ1n) is 10.5. The Hall–Kier alpha value is -1.84. The first-order valence-corrected chi connectivity index (χ1v) is 10.5. The molecule has 1 saturated heterocycles. The van der Waals surface area contributed by atoms with Crippen molar-refractivity contribution in [3.63, 3.8) is 0 Å². The average molecular weight is 371 g/mol. The largest absolute Gasteiger partial charge is 0.350 e. The van der Waals surface area contributed by atoms with E-state index in [-0.39, 0.29) is 18.0 Å². The first kappa shape index (κ1) is 19.9. The Morgan fingerprint density at radius 2 is 1.81 bits per heavy atom. The van der Waals surface area contributed by atoms with Gasteiger partial charge in [-0.05, 0) is 55.9 Å². The highest BCUT2D eigenvalue weighted by molar-refractivity contribution is 5.85. The number of piperazine rings is 1. The molecule has 3 fully saturated rings. The third kappa shape index (κ3) is 6.08. The van der Waals surface area contributed by atoms with Crippen LogP contribution in [0.1, 0.15) is 69.4 Å². The van der Waals surface area contributed by atoms with Crippen molar-refractivity contribution in [3.8, 4) is 0 Å². The van der Waals surface area contributed by atoms with E-state index in [0.717, 1.165) is 31.1 Å². The molecule has 2 unspecified atom stereocenters. The average Bonchev–Trinajstić information content (AvgIpc) is 3.52. The highest BCUT2D eigenvalue weighted by atomic mass is 16.2. The fourth-order valence-electron chi connectivity index (χ4n) is 3.83. The lowest BCUT2D eigenvalue weighted by Crippen LogP contribution is -2.59. The van der Waals surface area contributed by atoms with E-state index in [1.807, 2.05) is 0 Å². The molecule has 0 bridgehead atoms. The molecule has 1 aromatic carbocycles. The van der Waals surface area contributed by atoms with Crippen molar-refractivity contribution < 1.29 is 9.59 Å². The van der Waals surface area contributed by atoms with Gasteiger partial charge in [0.25, 0.3) is 0 Å². The molecule has 2 amide bonds. The number of hydrogen-bond acceptors (Lipinski definition) is 2. The molecule has 2 atom stereocenters. The number of hydrogen-bond donors (Lipinski definition) is 1. The minimum absolute atomic E-state index is 0.0303. The lowest BCUT2D eigenvalue weighted by Gasteiger charge is -2.38. The molecule has 1 heterocycles. The Labute approximate surface area is 163 Å². The number of aryl methyl sites for hydroxylation is 1. The van der Waals surface area contributed by atoms with Gasteiger partial charge in [0.15, 0.2) is 0 Å². The zero-order valence-corrected chi connectivity index (χ0v) is 17.0. The third-order valence-corrected chi connectivity index (χ3v) is 5.75. The summed E-state index contributed by atoms with van der Waals surface area (Å²) in [5.74, 6) is 2.13. The predicted octanol–water partition coefficient (Wildman–Crippen LogP) is 4.03. The van der Waals surface area contributed by atoms with Crippen LogP contribution in [-0.2, 0) is 9.59 Å². The van der Waals surface area contributed by atoms with E-state index in [9.17, 15) is 9.59 Å². The fourth-order valence-corrected chi connectivity index (χ4v) is 3.83. The van der Waals surface area contributed by atoms with Gasteiger partial charge >= 0.3 is 0 Å². The minimum atomic E-state index is -0.261. The highest BCUT2D eigenvalue weighted by Gasteiger charge is 2.36. The summed E-state index contributed by atoms with van der Waals surface area (Å²) in [5.41, 5.74) is 2.90. The van der Waals surface area contributed by atoms with Gasteiger partial charge in [0, 0.05) is 12.6 Å². The molecule has 0 radical (unpaired) electrons. The number of carbonyl (C=O) groups is 2. The maximum Gasteiger partial charge on any atom is 0.243 e. The van der Waals surface area contributed by atoms with Gasteiger partial charge in [0.2, 0.25) is 12.3 Å². The van der Waals surface area contributed by atoms with Crippen LogP contribution in [0.15, 0.2) is 24.3 Å². The summed E-state index contributed by atoms with van der Waals surface area (Å²) in [5, 5.41) is 3.07. The molecule has 0 spiro atoms. The van der Waals surface area contributed by atoms with E-state index in [2.05, 4.69) is 50.4 Å². The lowest BCUT2D eigenvalue weighted by atomic mass is 9.97. The number of carbonyl (C=O) groups excluding carboxylic acids is 2. The fraction of sp³-hybridized carbons (Fsp3) is 0.652. The van der Waals surface area contributed by atoms with Crippen molar-refractivity contribution in [2.75, 3.05) is 6.54 Å². The zero-order chi connectivity index (χ0) is 19.4. The van der Waals surface area contributed by atoms with Gasteiger partial charge in [-0.15, -0.1) is 0 Å². The minimum Gasteiger partial charge on any atom is -0.350 e. The van der Waals surface area contributed by atoms with Crippen LogP contribution in [0.3, 0.4) is 0 Å². The van der Waals surface area contributed by atoms with Gasteiger partial charge in [-0.3, -0.25) is 9.59 Å². The summed E-state index contributed by atoms with van der Waals surface area (Å²) in [4.78, 5) is 24.8. The first-order chi connectivity index (χ1) is 13.0. The SMILES string of the molecule is CC(C)CC1C(=O)NC(CC2CC2)CN1C=O.Cc1ccc(C2CC2)cc1. The summed E-state index contributed by atoms with van der Waals surface area (Å²) in [6.45, 7) is 6.97. The van der Waals surface area contributed by atoms with Crippen LogP contribution in [0.25, 0.3) is 0 Å². The van der Waals surface area contributed by atoms with E-state index in [4.69, 9.17) is 0 Å². The summed E-state index contributed by atoms with van der Waals surface area (Å²) in [7, 11) is 0. The second-order valence-electron chi connectivity index (χ2n) is 9.02. The van der Waals surface area contributed by atoms with Crippen molar-refractivity contribution >= 4 is 12.3 Å². The Bertz CT molecular complexity index is 632. The maximum absolute atomic E-state index is 12.0. The molecular formula is C23H34N2O2. The van der Waals surface area contributed by atoms with Crippen LogP contribution in [0.5, 0.6) is 0 Å². The van der Waals surface area contributed by atoms with Crippen LogP contribution in [0, 0.1) is 18.8 Å². The molecule has 4 nitrogen and oxygen atoms in total. The summed E-state index contributed by atoms with van der Waals surface area (Å²) >= 11 is 0. The van der Waals surface area contributed by atoms with Crippen LogP contribution in [0.4, 0.5) is 0 Å². The highest BCUT2D eigenvalue weighted by Crippen LogP contribution is 2.39. The molecule has 148 valence electrons. The molecule has 1 aliphatic heterocycles. The van der Waals surface area contributed by atoms with E-state index in [0.29, 0.717) is 12.5 Å². The van der Waals surface area contributed by atoms with Crippen molar-refractivity contribution in [3.05, 3.63) is 35.4 Å². The maximum atomic E-state index is 12.0. The van der Waals surface area contributed by atoms with Gasteiger partial charge in [-0.2, -0.15) is 0 Å². The van der Waals surface area contributed by atoms with Gasteiger partial charge < -0.3 is 10.2 Å². The van der Waals surface area contributed by atoms with Crippen LogP contribution >= 0.6 is 0 Å². The van der Waals surface area contributed by atoms with Crippen LogP contribution in [-0.4, -0.2) is 35.8 Å². The molecule has 1 aromatic rings. The number of nitrogens with zero attached hydrogens (tertiary/aromatic N) is 1. The standard InChI is InChI=1S/C13H22N2O2.C10H12/c1-9(2)5-12-13(17)14-11(6-10-3-4-10)7-15(12)8-16;1-8-2-4-9(5-3-8)10-6-7-10/h8-12H,3-7H2,1-2H3,(H,14,17);2-5,10H,6-7H2,1H3. The van der Waals surface area contributed by atoms with Crippen molar-refractivity contribution in [2.24, 2.45) is 11.8 Å². The third-order valence-electron chi connectivity index (χ3n) is 5.75. The molecular weight excluding hydrogens is 336 g/mol. The summed E-state index contributed by atoms with van der Waals surface area (Å²) in [6.07, 6.45) is 7.99. The molecule has 3 aliphatic rings. The summed E-state index contributed by atoms with van der Waals surface area (Å²) in [6, 6.07) is 8.83. The number of nitrogens with one attached hydrogen (secondary N) is 1. The number of amides is 2. The quantitative estimate of drug-likeness (QED) is 0.769. The topological polar surface area (TPSA) is 49.4 Å². The second-order valence-corrected chi connectivity index (χ2v) is 9.02. The van der Waals surface area contributed by atoms with E-state index in [1.165, 1.54) is 36.8 Å².